The molecule has 1 spiro atoms. The van der Waals surface area contributed by atoms with Gasteiger partial charge < -0.3 is 13.9 Å². The molecule has 4 nitrogen and oxygen atoms in total. The monoisotopic (exact) mass is 304 g/mol. The highest BCUT2D eigenvalue weighted by Gasteiger charge is 2.84. The molecule has 22 heavy (non-hydrogen) atoms. The molecule has 5 unspecified atom stereocenters. The number of esters is 1. The molecular formula is C18H24O4. The van der Waals surface area contributed by atoms with Gasteiger partial charge in [-0.3, -0.25) is 4.79 Å². The summed E-state index contributed by atoms with van der Waals surface area (Å²) in [4.78, 5) is 11.6. The van der Waals surface area contributed by atoms with Crippen molar-refractivity contribution in [2.75, 3.05) is 0 Å². The van der Waals surface area contributed by atoms with Crippen molar-refractivity contribution in [2.45, 2.75) is 70.7 Å². The Bertz CT molecular complexity index is 605. The van der Waals surface area contributed by atoms with E-state index >= 15 is 0 Å². The third-order valence-electron chi connectivity index (χ3n) is 6.53. The van der Waals surface area contributed by atoms with Gasteiger partial charge in [0.15, 0.2) is 0 Å². The summed E-state index contributed by atoms with van der Waals surface area (Å²) in [5, 5.41) is 0. The lowest BCUT2D eigenvalue weighted by Crippen LogP contribution is -2.51. The highest BCUT2D eigenvalue weighted by Crippen LogP contribution is 2.77. The number of carbonyl (C=O) groups is 1. The van der Waals surface area contributed by atoms with Gasteiger partial charge in [-0.25, -0.2) is 0 Å². The van der Waals surface area contributed by atoms with E-state index in [-0.39, 0.29) is 40.5 Å². The molecule has 1 saturated heterocycles. The van der Waals surface area contributed by atoms with Crippen molar-refractivity contribution in [3.8, 4) is 0 Å². The molecule has 3 aliphatic rings. The van der Waals surface area contributed by atoms with E-state index in [0.717, 1.165) is 18.4 Å². The predicted octanol–water partition coefficient (Wildman–Crippen LogP) is 3.66. The van der Waals surface area contributed by atoms with Crippen LogP contribution < -0.4 is 0 Å². The van der Waals surface area contributed by atoms with Gasteiger partial charge in [0, 0.05) is 18.3 Å². The summed E-state index contributed by atoms with van der Waals surface area (Å²) in [6, 6.07) is 2.01. The molecule has 1 aliphatic heterocycles. The topological polar surface area (TPSA) is 52.0 Å². The second-order valence-electron chi connectivity index (χ2n) is 8.04. The summed E-state index contributed by atoms with van der Waals surface area (Å²) < 4.78 is 17.4. The first kappa shape index (κ1) is 14.3. The van der Waals surface area contributed by atoms with E-state index in [1.165, 1.54) is 13.3 Å². The minimum Gasteiger partial charge on any atom is -0.472 e. The van der Waals surface area contributed by atoms with Crippen LogP contribution in [0.3, 0.4) is 0 Å². The molecule has 2 heterocycles. The van der Waals surface area contributed by atoms with Crippen LogP contribution in [0.4, 0.5) is 0 Å². The van der Waals surface area contributed by atoms with Crippen molar-refractivity contribution < 1.29 is 18.7 Å². The first-order valence-corrected chi connectivity index (χ1v) is 8.21. The van der Waals surface area contributed by atoms with Gasteiger partial charge >= 0.3 is 5.97 Å². The Balaban J connectivity index is 1.83. The van der Waals surface area contributed by atoms with Gasteiger partial charge in [0.05, 0.1) is 12.5 Å². The Morgan fingerprint density at radius 3 is 2.73 bits per heavy atom. The van der Waals surface area contributed by atoms with Gasteiger partial charge in [-0.05, 0) is 29.9 Å². The van der Waals surface area contributed by atoms with Crippen molar-refractivity contribution >= 4 is 5.97 Å². The lowest BCUT2D eigenvalue weighted by atomic mass is 9.54. The molecule has 1 aromatic rings. The van der Waals surface area contributed by atoms with Crippen LogP contribution in [0.5, 0.6) is 0 Å². The summed E-state index contributed by atoms with van der Waals surface area (Å²) in [6.07, 6.45) is 6.74. The molecule has 0 bridgehead atoms. The zero-order chi connectivity index (χ0) is 15.8. The third-order valence-corrected chi connectivity index (χ3v) is 6.53. The summed E-state index contributed by atoms with van der Waals surface area (Å²) in [6.45, 7) is 8.39. The van der Waals surface area contributed by atoms with Gasteiger partial charge in [0.25, 0.3) is 0 Å². The second kappa shape index (κ2) is 4.16. The Kier molecular flexibility index (Phi) is 2.71. The van der Waals surface area contributed by atoms with Gasteiger partial charge in [0.1, 0.15) is 17.8 Å². The average molecular weight is 304 g/mol. The van der Waals surface area contributed by atoms with E-state index in [2.05, 4.69) is 20.8 Å². The van der Waals surface area contributed by atoms with Crippen LogP contribution in [-0.2, 0) is 14.3 Å². The fourth-order valence-corrected chi connectivity index (χ4v) is 5.77. The molecule has 0 amide bonds. The number of hydrogen-bond donors (Lipinski definition) is 0. The van der Waals surface area contributed by atoms with Gasteiger partial charge in [-0.1, -0.05) is 27.2 Å². The van der Waals surface area contributed by atoms with Crippen LogP contribution in [0, 0.1) is 10.8 Å². The molecule has 2 aliphatic carbocycles. The third kappa shape index (κ3) is 1.49. The number of furan rings is 1. The van der Waals surface area contributed by atoms with Crippen molar-refractivity contribution in [2.24, 2.45) is 10.8 Å². The molecular weight excluding hydrogens is 280 g/mol. The number of epoxide rings is 1. The molecule has 4 heteroatoms. The van der Waals surface area contributed by atoms with E-state index < -0.39 is 0 Å². The SMILES string of the molecule is CC(=O)OC1C(c2ccoc2)C2(C)CCCC(C)(C)C23OC13. The highest BCUT2D eigenvalue weighted by molar-refractivity contribution is 5.66. The van der Waals surface area contributed by atoms with E-state index in [4.69, 9.17) is 13.9 Å². The molecule has 0 N–H and O–H groups in total. The Morgan fingerprint density at radius 2 is 2.09 bits per heavy atom. The average Bonchev–Trinajstić information content (AvgIpc) is 2.89. The molecule has 120 valence electrons. The minimum absolute atomic E-state index is 0.0107. The highest BCUT2D eigenvalue weighted by atomic mass is 16.7. The van der Waals surface area contributed by atoms with Crippen LogP contribution in [0.2, 0.25) is 0 Å². The van der Waals surface area contributed by atoms with Crippen LogP contribution in [0.15, 0.2) is 23.0 Å². The summed E-state index contributed by atoms with van der Waals surface area (Å²) in [5.74, 6) is -0.0855. The number of rotatable bonds is 2. The fourth-order valence-electron chi connectivity index (χ4n) is 5.77. The fraction of sp³-hybridized carbons (Fsp3) is 0.722. The van der Waals surface area contributed by atoms with Crippen LogP contribution in [0.25, 0.3) is 0 Å². The van der Waals surface area contributed by atoms with Gasteiger partial charge in [0.2, 0.25) is 0 Å². The lowest BCUT2D eigenvalue weighted by Gasteiger charge is -2.50. The van der Waals surface area contributed by atoms with E-state index in [1.54, 1.807) is 12.5 Å². The molecule has 1 aromatic heterocycles. The first-order valence-electron chi connectivity index (χ1n) is 8.21. The maximum atomic E-state index is 11.6. The van der Waals surface area contributed by atoms with E-state index in [9.17, 15) is 4.79 Å². The van der Waals surface area contributed by atoms with E-state index in [0.29, 0.717) is 0 Å². The Morgan fingerprint density at radius 1 is 1.32 bits per heavy atom. The molecule has 0 aromatic carbocycles. The largest absolute Gasteiger partial charge is 0.472 e. The van der Waals surface area contributed by atoms with Crippen LogP contribution in [0.1, 0.15) is 58.4 Å². The van der Waals surface area contributed by atoms with Crippen molar-refractivity contribution in [3.63, 3.8) is 0 Å². The molecule has 2 saturated carbocycles. The summed E-state index contributed by atoms with van der Waals surface area (Å²) in [5.41, 5.74) is 1.02. The zero-order valence-electron chi connectivity index (χ0n) is 13.7. The quantitative estimate of drug-likeness (QED) is 0.618. The molecule has 4 rings (SSSR count). The standard InChI is InChI=1S/C18H24O4/c1-11(19)21-14-13(12-6-9-20-10-12)17(4)8-5-7-16(2,3)18(17)15(14)22-18/h6,9-10,13-15H,5,7-8H2,1-4H3. The maximum absolute atomic E-state index is 11.6. The van der Waals surface area contributed by atoms with Crippen LogP contribution in [-0.4, -0.2) is 23.8 Å². The molecule has 5 atom stereocenters. The first-order chi connectivity index (χ1) is 10.3. The lowest BCUT2D eigenvalue weighted by molar-refractivity contribution is -0.152. The summed E-state index contributed by atoms with van der Waals surface area (Å²) >= 11 is 0. The van der Waals surface area contributed by atoms with Gasteiger partial charge in [-0.2, -0.15) is 0 Å². The number of ether oxygens (including phenoxy) is 2. The normalized spacial score (nSPS) is 45.0. The Labute approximate surface area is 131 Å². The Hall–Kier alpha value is -1.29. The molecule has 3 fully saturated rings. The predicted molar refractivity (Wildman–Crippen MR) is 80.3 cm³/mol. The molecule has 0 radical (unpaired) electrons. The van der Waals surface area contributed by atoms with Crippen molar-refractivity contribution in [1.82, 2.24) is 0 Å². The van der Waals surface area contributed by atoms with E-state index in [1.807, 2.05) is 6.07 Å². The summed E-state index contributed by atoms with van der Waals surface area (Å²) in [7, 11) is 0. The van der Waals surface area contributed by atoms with Crippen molar-refractivity contribution in [3.05, 3.63) is 24.2 Å². The second-order valence-corrected chi connectivity index (χ2v) is 8.04. The van der Waals surface area contributed by atoms with Gasteiger partial charge in [-0.15, -0.1) is 0 Å². The smallest absolute Gasteiger partial charge is 0.303 e. The van der Waals surface area contributed by atoms with Crippen LogP contribution >= 0.6 is 0 Å². The minimum atomic E-state index is -0.232. The number of hydrogen-bond acceptors (Lipinski definition) is 4. The maximum Gasteiger partial charge on any atom is 0.303 e. The number of carbonyl (C=O) groups excluding carboxylic acids is 1. The van der Waals surface area contributed by atoms with Crippen molar-refractivity contribution in [1.29, 1.82) is 0 Å². The zero-order valence-corrected chi connectivity index (χ0v) is 13.7.